The molecule has 1 aliphatic rings. The Bertz CT molecular complexity index is 328. The van der Waals surface area contributed by atoms with Gasteiger partial charge in [-0.05, 0) is 12.5 Å². The van der Waals surface area contributed by atoms with Crippen molar-refractivity contribution in [2.24, 2.45) is 0 Å². The molecule has 1 aromatic carbocycles. The summed E-state index contributed by atoms with van der Waals surface area (Å²) in [6.45, 7) is 6.08. The summed E-state index contributed by atoms with van der Waals surface area (Å²) in [5.41, 5.74) is 1.18. The van der Waals surface area contributed by atoms with Crippen molar-refractivity contribution >= 4 is 0 Å². The van der Waals surface area contributed by atoms with Gasteiger partial charge in [-0.25, -0.2) is 0 Å². The Balaban J connectivity index is 2.07. The number of hydrogen-bond donors (Lipinski definition) is 2. The number of aliphatic hydroxyl groups is 1. The molecule has 0 saturated carbocycles. The fraction of sp³-hybridized carbons (Fsp3) is 0.538. The summed E-state index contributed by atoms with van der Waals surface area (Å²) in [5, 5.41) is 12.9. The van der Waals surface area contributed by atoms with E-state index < -0.39 is 0 Å². The van der Waals surface area contributed by atoms with Crippen LogP contribution in [0.5, 0.6) is 0 Å². The van der Waals surface area contributed by atoms with E-state index >= 15 is 0 Å². The van der Waals surface area contributed by atoms with Gasteiger partial charge in [0.1, 0.15) is 0 Å². The van der Waals surface area contributed by atoms with E-state index in [2.05, 4.69) is 41.4 Å². The van der Waals surface area contributed by atoms with Crippen LogP contribution in [0.3, 0.4) is 0 Å². The standard InChI is InChI=1S/C13H20N2O/c1-13(11-16)10-14-7-8-15(13)9-12-5-3-2-4-6-12/h2-6,14,16H,7-11H2,1H3. The van der Waals surface area contributed by atoms with Crippen LogP contribution in [0, 0.1) is 0 Å². The summed E-state index contributed by atoms with van der Waals surface area (Å²) in [6.07, 6.45) is 0. The lowest BCUT2D eigenvalue weighted by Crippen LogP contribution is -2.61. The molecule has 0 amide bonds. The van der Waals surface area contributed by atoms with Crippen LogP contribution in [0.1, 0.15) is 12.5 Å². The fourth-order valence-corrected chi connectivity index (χ4v) is 2.18. The third-order valence-electron chi connectivity index (χ3n) is 3.38. The Morgan fingerprint density at radius 3 is 2.81 bits per heavy atom. The molecule has 0 aromatic heterocycles. The number of hydrogen-bond acceptors (Lipinski definition) is 3. The van der Waals surface area contributed by atoms with Crippen LogP contribution in [0.4, 0.5) is 0 Å². The van der Waals surface area contributed by atoms with Gasteiger partial charge in [0.2, 0.25) is 0 Å². The second-order valence-electron chi connectivity index (χ2n) is 4.74. The highest BCUT2D eigenvalue weighted by Gasteiger charge is 2.33. The molecule has 2 rings (SSSR count). The number of nitrogens with one attached hydrogen (secondary N) is 1. The van der Waals surface area contributed by atoms with Crippen molar-refractivity contribution in [3.8, 4) is 0 Å². The summed E-state index contributed by atoms with van der Waals surface area (Å²) >= 11 is 0. The highest BCUT2D eigenvalue weighted by molar-refractivity contribution is 5.15. The molecule has 1 atom stereocenters. The number of nitrogens with zero attached hydrogens (tertiary/aromatic N) is 1. The lowest BCUT2D eigenvalue weighted by molar-refractivity contribution is 0.0177. The Hall–Kier alpha value is -0.900. The second-order valence-corrected chi connectivity index (χ2v) is 4.74. The van der Waals surface area contributed by atoms with Crippen LogP contribution in [0.2, 0.25) is 0 Å². The molecule has 1 unspecified atom stereocenters. The van der Waals surface area contributed by atoms with Gasteiger partial charge in [-0.15, -0.1) is 0 Å². The van der Waals surface area contributed by atoms with Gasteiger partial charge in [0.05, 0.1) is 12.1 Å². The first-order valence-corrected chi connectivity index (χ1v) is 5.85. The van der Waals surface area contributed by atoms with Crippen molar-refractivity contribution in [3.05, 3.63) is 35.9 Å². The molecule has 1 heterocycles. The van der Waals surface area contributed by atoms with E-state index in [1.807, 2.05) is 6.07 Å². The van der Waals surface area contributed by atoms with Gasteiger partial charge in [0, 0.05) is 26.2 Å². The van der Waals surface area contributed by atoms with E-state index in [9.17, 15) is 5.11 Å². The van der Waals surface area contributed by atoms with Crippen molar-refractivity contribution < 1.29 is 5.11 Å². The molecule has 1 saturated heterocycles. The van der Waals surface area contributed by atoms with Gasteiger partial charge < -0.3 is 10.4 Å². The smallest absolute Gasteiger partial charge is 0.0625 e. The zero-order valence-corrected chi connectivity index (χ0v) is 9.82. The van der Waals surface area contributed by atoms with E-state index in [0.29, 0.717) is 0 Å². The molecule has 3 nitrogen and oxygen atoms in total. The predicted molar refractivity (Wildman–Crippen MR) is 65.2 cm³/mol. The first kappa shape index (κ1) is 11.6. The summed E-state index contributed by atoms with van der Waals surface area (Å²) in [4.78, 5) is 2.36. The van der Waals surface area contributed by atoms with Gasteiger partial charge >= 0.3 is 0 Å². The first-order chi connectivity index (χ1) is 7.74. The van der Waals surface area contributed by atoms with Crippen molar-refractivity contribution in [2.75, 3.05) is 26.2 Å². The van der Waals surface area contributed by atoms with Gasteiger partial charge in [-0.3, -0.25) is 4.90 Å². The van der Waals surface area contributed by atoms with E-state index in [0.717, 1.165) is 26.2 Å². The average Bonchev–Trinajstić information content (AvgIpc) is 2.34. The molecule has 0 spiro atoms. The minimum atomic E-state index is -0.131. The molecule has 3 heteroatoms. The summed E-state index contributed by atoms with van der Waals surface area (Å²) in [6, 6.07) is 10.4. The number of aliphatic hydroxyl groups excluding tert-OH is 1. The zero-order valence-electron chi connectivity index (χ0n) is 9.82. The molecule has 1 aromatic rings. The van der Waals surface area contributed by atoms with Crippen LogP contribution in [-0.2, 0) is 6.54 Å². The molecule has 1 fully saturated rings. The van der Waals surface area contributed by atoms with Crippen molar-refractivity contribution in [2.45, 2.75) is 19.0 Å². The average molecular weight is 220 g/mol. The third kappa shape index (κ3) is 2.43. The van der Waals surface area contributed by atoms with Crippen molar-refractivity contribution in [1.29, 1.82) is 0 Å². The zero-order chi connectivity index (χ0) is 11.4. The molecule has 0 radical (unpaired) electrons. The molecule has 0 aliphatic carbocycles. The molecular weight excluding hydrogens is 200 g/mol. The highest BCUT2D eigenvalue weighted by Crippen LogP contribution is 2.19. The molecule has 88 valence electrons. The first-order valence-electron chi connectivity index (χ1n) is 5.85. The molecule has 16 heavy (non-hydrogen) atoms. The predicted octanol–water partition coefficient (Wildman–Crippen LogP) is 0.843. The van der Waals surface area contributed by atoms with Gasteiger partial charge in [0.15, 0.2) is 0 Å². The normalized spacial score (nSPS) is 26.9. The fourth-order valence-electron chi connectivity index (χ4n) is 2.18. The maximum Gasteiger partial charge on any atom is 0.0625 e. The number of benzene rings is 1. The Kier molecular flexibility index (Phi) is 3.59. The SMILES string of the molecule is CC1(CO)CNCCN1Cc1ccccc1. The quantitative estimate of drug-likeness (QED) is 0.792. The maximum atomic E-state index is 9.52. The minimum Gasteiger partial charge on any atom is -0.394 e. The summed E-state index contributed by atoms with van der Waals surface area (Å²) < 4.78 is 0. The Labute approximate surface area is 97.1 Å². The molecule has 2 N–H and O–H groups in total. The maximum absolute atomic E-state index is 9.52. The molecule has 1 aliphatic heterocycles. The van der Waals surface area contributed by atoms with Crippen LogP contribution in [-0.4, -0.2) is 41.8 Å². The third-order valence-corrected chi connectivity index (χ3v) is 3.38. The lowest BCUT2D eigenvalue weighted by atomic mass is 9.97. The van der Waals surface area contributed by atoms with Crippen molar-refractivity contribution in [3.63, 3.8) is 0 Å². The van der Waals surface area contributed by atoms with Crippen LogP contribution in [0.15, 0.2) is 30.3 Å². The van der Waals surface area contributed by atoms with Crippen LogP contribution in [0.25, 0.3) is 0 Å². The Morgan fingerprint density at radius 2 is 2.12 bits per heavy atom. The second kappa shape index (κ2) is 4.95. The highest BCUT2D eigenvalue weighted by atomic mass is 16.3. The van der Waals surface area contributed by atoms with E-state index in [1.165, 1.54) is 5.56 Å². The number of rotatable bonds is 3. The van der Waals surface area contributed by atoms with Gasteiger partial charge in [-0.1, -0.05) is 30.3 Å². The molecule has 0 bridgehead atoms. The van der Waals surface area contributed by atoms with Crippen LogP contribution >= 0.6 is 0 Å². The summed E-state index contributed by atoms with van der Waals surface area (Å²) in [7, 11) is 0. The Morgan fingerprint density at radius 1 is 1.38 bits per heavy atom. The van der Waals surface area contributed by atoms with Gasteiger partial charge in [0.25, 0.3) is 0 Å². The van der Waals surface area contributed by atoms with Crippen LogP contribution < -0.4 is 5.32 Å². The largest absolute Gasteiger partial charge is 0.394 e. The topological polar surface area (TPSA) is 35.5 Å². The number of piperazine rings is 1. The van der Waals surface area contributed by atoms with Gasteiger partial charge in [-0.2, -0.15) is 0 Å². The summed E-state index contributed by atoms with van der Waals surface area (Å²) in [5.74, 6) is 0. The van der Waals surface area contributed by atoms with E-state index in [4.69, 9.17) is 0 Å². The molecular formula is C13H20N2O. The van der Waals surface area contributed by atoms with E-state index in [-0.39, 0.29) is 12.1 Å². The van der Waals surface area contributed by atoms with E-state index in [1.54, 1.807) is 0 Å². The lowest BCUT2D eigenvalue weighted by Gasteiger charge is -2.44. The van der Waals surface area contributed by atoms with Crippen molar-refractivity contribution in [1.82, 2.24) is 10.2 Å². The minimum absolute atomic E-state index is 0.131. The monoisotopic (exact) mass is 220 g/mol.